The third kappa shape index (κ3) is 3.76. The Morgan fingerprint density at radius 2 is 1.87 bits per heavy atom. The number of carbonyl (C=O) groups is 1. The van der Waals surface area contributed by atoms with Gasteiger partial charge in [-0.05, 0) is 36.8 Å². The van der Waals surface area contributed by atoms with E-state index >= 15 is 0 Å². The molecule has 0 unspecified atom stereocenters. The normalized spacial score (nSPS) is 12.5. The molecule has 0 saturated heterocycles. The largest absolute Gasteiger partial charge is 0.486 e. The van der Waals surface area contributed by atoms with Crippen LogP contribution in [0.4, 0.5) is 4.39 Å². The summed E-state index contributed by atoms with van der Waals surface area (Å²) in [6.45, 7) is 2.84. The molecule has 0 aliphatic carbocycles. The lowest BCUT2D eigenvalue weighted by Crippen LogP contribution is -2.33. The molecular formula is C22H20FN3O4. The summed E-state index contributed by atoms with van der Waals surface area (Å²) in [5, 5.41) is 4.16. The summed E-state index contributed by atoms with van der Waals surface area (Å²) < 4.78 is 26.6. The number of halogens is 1. The Kier molecular flexibility index (Phi) is 5.22. The molecule has 0 fully saturated rings. The number of aromatic nitrogens is 2. The van der Waals surface area contributed by atoms with Crippen LogP contribution in [0.1, 0.15) is 21.7 Å². The van der Waals surface area contributed by atoms with Gasteiger partial charge in [0.05, 0.1) is 0 Å². The standard InChI is InChI=1S/C22H20FN3O4/c1-14-11-18(27)21(24-26(14)17-6-4-3-5-16(17)23)22(28)25(2)13-15-7-8-19-20(12-15)30-10-9-29-19/h3-8,11-12H,9-10,13H2,1-2H3. The summed E-state index contributed by atoms with van der Waals surface area (Å²) in [7, 11) is 1.58. The third-order valence-corrected chi connectivity index (χ3v) is 4.76. The highest BCUT2D eigenvalue weighted by Crippen LogP contribution is 2.31. The quantitative estimate of drug-likeness (QED) is 0.663. The van der Waals surface area contributed by atoms with Crippen LogP contribution in [-0.2, 0) is 6.54 Å². The van der Waals surface area contributed by atoms with Crippen LogP contribution in [0.25, 0.3) is 5.69 Å². The Labute approximate surface area is 172 Å². The summed E-state index contributed by atoms with van der Waals surface area (Å²) in [5.74, 6) is 0.224. The second-order valence-electron chi connectivity index (χ2n) is 7.00. The van der Waals surface area contributed by atoms with Crippen molar-refractivity contribution < 1.29 is 18.7 Å². The molecule has 0 N–H and O–H groups in total. The number of nitrogens with zero attached hydrogens (tertiary/aromatic N) is 3. The van der Waals surface area contributed by atoms with Gasteiger partial charge in [0.25, 0.3) is 5.91 Å². The lowest BCUT2D eigenvalue weighted by atomic mass is 10.1. The maximum absolute atomic E-state index is 14.2. The molecule has 3 aromatic rings. The molecule has 30 heavy (non-hydrogen) atoms. The summed E-state index contributed by atoms with van der Waals surface area (Å²) in [4.78, 5) is 26.8. The second kappa shape index (κ2) is 7.98. The van der Waals surface area contributed by atoms with E-state index in [-0.39, 0.29) is 17.9 Å². The van der Waals surface area contributed by atoms with E-state index in [4.69, 9.17) is 9.47 Å². The lowest BCUT2D eigenvalue weighted by Gasteiger charge is -2.21. The first kappa shape index (κ1) is 19.6. The maximum atomic E-state index is 14.2. The number of aryl methyl sites for hydroxylation is 1. The van der Waals surface area contributed by atoms with Crippen molar-refractivity contribution in [1.29, 1.82) is 0 Å². The molecular weight excluding hydrogens is 389 g/mol. The molecule has 154 valence electrons. The van der Waals surface area contributed by atoms with Gasteiger partial charge in [-0.2, -0.15) is 5.10 Å². The molecule has 0 saturated carbocycles. The first-order valence-electron chi connectivity index (χ1n) is 9.44. The number of fused-ring (bicyclic) bond motifs is 1. The number of hydrogen-bond donors (Lipinski definition) is 0. The van der Waals surface area contributed by atoms with Gasteiger partial charge >= 0.3 is 0 Å². The molecule has 2 aromatic carbocycles. The molecule has 7 nitrogen and oxygen atoms in total. The zero-order valence-corrected chi connectivity index (χ0v) is 16.6. The van der Waals surface area contributed by atoms with Crippen LogP contribution in [0, 0.1) is 12.7 Å². The number of rotatable bonds is 4. The zero-order chi connectivity index (χ0) is 21.3. The third-order valence-electron chi connectivity index (χ3n) is 4.76. The van der Waals surface area contributed by atoms with Crippen molar-refractivity contribution in [1.82, 2.24) is 14.7 Å². The predicted molar refractivity (Wildman–Crippen MR) is 108 cm³/mol. The van der Waals surface area contributed by atoms with Crippen LogP contribution in [-0.4, -0.2) is 40.8 Å². The summed E-state index contributed by atoms with van der Waals surface area (Å²) >= 11 is 0. The molecule has 0 atom stereocenters. The monoisotopic (exact) mass is 409 g/mol. The van der Waals surface area contributed by atoms with E-state index in [1.165, 1.54) is 27.8 Å². The minimum atomic E-state index is -0.556. The highest BCUT2D eigenvalue weighted by Gasteiger charge is 2.21. The van der Waals surface area contributed by atoms with Gasteiger partial charge in [0.2, 0.25) is 5.43 Å². The number of para-hydroxylation sites is 1. The molecule has 2 heterocycles. The summed E-state index contributed by atoms with van der Waals surface area (Å²) in [5.41, 5.74) is 0.620. The van der Waals surface area contributed by atoms with Gasteiger partial charge in [0.15, 0.2) is 17.2 Å². The van der Waals surface area contributed by atoms with Crippen molar-refractivity contribution in [3.63, 3.8) is 0 Å². The van der Waals surface area contributed by atoms with Crippen LogP contribution in [0.2, 0.25) is 0 Å². The number of ether oxygens (including phenoxy) is 2. The topological polar surface area (TPSA) is 73.7 Å². The van der Waals surface area contributed by atoms with Crippen LogP contribution in [0.15, 0.2) is 53.3 Å². The number of carbonyl (C=O) groups excluding carboxylic acids is 1. The summed E-state index contributed by atoms with van der Waals surface area (Å²) in [6, 6.07) is 12.8. The predicted octanol–water partition coefficient (Wildman–Crippen LogP) is 2.72. The van der Waals surface area contributed by atoms with Crippen molar-refractivity contribution in [3.05, 3.63) is 81.5 Å². The van der Waals surface area contributed by atoms with Crippen molar-refractivity contribution >= 4 is 5.91 Å². The van der Waals surface area contributed by atoms with Crippen molar-refractivity contribution in [2.45, 2.75) is 13.5 Å². The number of hydrogen-bond acceptors (Lipinski definition) is 5. The van der Waals surface area contributed by atoms with E-state index < -0.39 is 17.2 Å². The molecule has 1 aromatic heterocycles. The lowest BCUT2D eigenvalue weighted by molar-refractivity contribution is 0.0775. The van der Waals surface area contributed by atoms with Gasteiger partial charge in [0.1, 0.15) is 24.7 Å². The van der Waals surface area contributed by atoms with Crippen molar-refractivity contribution in [3.8, 4) is 17.2 Å². The van der Waals surface area contributed by atoms with E-state index in [2.05, 4.69) is 5.10 Å². The molecule has 1 aliphatic rings. The van der Waals surface area contributed by atoms with E-state index in [9.17, 15) is 14.0 Å². The highest BCUT2D eigenvalue weighted by molar-refractivity contribution is 5.91. The average Bonchev–Trinajstić information content (AvgIpc) is 2.74. The molecule has 1 amide bonds. The minimum absolute atomic E-state index is 0.165. The Balaban J connectivity index is 1.62. The van der Waals surface area contributed by atoms with Gasteiger partial charge in [-0.25, -0.2) is 9.07 Å². The molecule has 4 rings (SSSR count). The van der Waals surface area contributed by atoms with Gasteiger partial charge in [-0.15, -0.1) is 0 Å². The SMILES string of the molecule is Cc1cc(=O)c(C(=O)N(C)Cc2ccc3c(c2)OCCO3)nn1-c1ccccc1F. The fourth-order valence-corrected chi connectivity index (χ4v) is 3.28. The summed E-state index contributed by atoms with van der Waals surface area (Å²) in [6.07, 6.45) is 0. The molecule has 8 heteroatoms. The van der Waals surface area contributed by atoms with Crippen molar-refractivity contribution in [2.24, 2.45) is 0 Å². The van der Waals surface area contributed by atoms with E-state index in [1.807, 2.05) is 6.07 Å². The Bertz CT molecular complexity index is 1180. The van der Waals surface area contributed by atoms with Gasteiger partial charge < -0.3 is 14.4 Å². The van der Waals surface area contributed by atoms with Crippen LogP contribution < -0.4 is 14.9 Å². The molecule has 0 bridgehead atoms. The minimum Gasteiger partial charge on any atom is -0.486 e. The van der Waals surface area contributed by atoms with E-state index in [0.717, 1.165) is 5.56 Å². The Morgan fingerprint density at radius 3 is 2.63 bits per heavy atom. The van der Waals surface area contributed by atoms with Gasteiger partial charge in [0, 0.05) is 25.4 Å². The Morgan fingerprint density at radius 1 is 1.13 bits per heavy atom. The molecule has 0 spiro atoms. The van der Waals surface area contributed by atoms with Gasteiger partial charge in [-0.3, -0.25) is 9.59 Å². The number of benzene rings is 2. The zero-order valence-electron chi connectivity index (χ0n) is 16.6. The fourth-order valence-electron chi connectivity index (χ4n) is 3.28. The second-order valence-corrected chi connectivity index (χ2v) is 7.00. The van der Waals surface area contributed by atoms with Crippen molar-refractivity contribution in [2.75, 3.05) is 20.3 Å². The van der Waals surface area contributed by atoms with Crippen LogP contribution in [0.5, 0.6) is 11.5 Å². The Hall–Kier alpha value is -3.68. The highest BCUT2D eigenvalue weighted by atomic mass is 19.1. The fraction of sp³-hybridized carbons (Fsp3) is 0.227. The molecule has 1 aliphatic heterocycles. The van der Waals surface area contributed by atoms with Gasteiger partial charge in [-0.1, -0.05) is 18.2 Å². The number of amides is 1. The molecule has 0 radical (unpaired) electrons. The van der Waals surface area contributed by atoms with Crippen LogP contribution >= 0.6 is 0 Å². The van der Waals surface area contributed by atoms with E-state index in [0.29, 0.717) is 30.4 Å². The first-order chi connectivity index (χ1) is 14.4. The first-order valence-corrected chi connectivity index (χ1v) is 9.44. The smallest absolute Gasteiger partial charge is 0.278 e. The van der Waals surface area contributed by atoms with E-state index in [1.54, 1.807) is 38.2 Å². The average molecular weight is 409 g/mol. The maximum Gasteiger partial charge on any atom is 0.278 e. The van der Waals surface area contributed by atoms with Crippen LogP contribution in [0.3, 0.4) is 0 Å².